The molecule has 0 radical (unpaired) electrons. The van der Waals surface area contributed by atoms with E-state index < -0.39 is 10.0 Å². The number of benzene rings is 3. The van der Waals surface area contributed by atoms with E-state index in [1.54, 1.807) is 54.2 Å². The van der Waals surface area contributed by atoms with Gasteiger partial charge in [-0.1, -0.05) is 44.2 Å². The molecule has 0 spiro atoms. The van der Waals surface area contributed by atoms with Crippen molar-refractivity contribution in [2.75, 3.05) is 10.0 Å². The first-order chi connectivity index (χ1) is 13.8. The number of rotatable bonds is 7. The zero-order valence-corrected chi connectivity index (χ0v) is 17.8. The van der Waals surface area contributed by atoms with Gasteiger partial charge in [0.2, 0.25) is 0 Å². The van der Waals surface area contributed by atoms with E-state index in [1.807, 2.05) is 24.3 Å². The highest BCUT2D eigenvalue weighted by atomic mass is 32.2. The normalized spacial score (nSPS) is 11.3. The van der Waals surface area contributed by atoms with E-state index in [1.165, 1.54) is 12.1 Å². The molecular weight excluding hydrogens is 404 g/mol. The van der Waals surface area contributed by atoms with Crippen LogP contribution in [0.15, 0.2) is 88.7 Å². The SMILES string of the molecule is CC(C)Sc1ccccc1C(=O)Nc1ccc(S(=O)(=O)Nc2ccccc2)cc1. The van der Waals surface area contributed by atoms with E-state index in [4.69, 9.17) is 0 Å². The van der Waals surface area contributed by atoms with Crippen molar-refractivity contribution in [2.45, 2.75) is 28.9 Å². The van der Waals surface area contributed by atoms with Gasteiger partial charge < -0.3 is 5.32 Å². The van der Waals surface area contributed by atoms with Gasteiger partial charge in [-0.3, -0.25) is 9.52 Å². The minimum atomic E-state index is -3.70. The first kappa shape index (κ1) is 21.0. The number of hydrogen-bond donors (Lipinski definition) is 2. The summed E-state index contributed by atoms with van der Waals surface area (Å²) in [4.78, 5) is 13.7. The van der Waals surface area contributed by atoms with Gasteiger partial charge in [0, 0.05) is 21.5 Å². The molecule has 29 heavy (non-hydrogen) atoms. The molecule has 0 fully saturated rings. The standard InChI is InChI=1S/C22H22N2O3S2/c1-16(2)28-21-11-7-6-10-20(21)22(25)23-17-12-14-19(15-13-17)29(26,27)24-18-8-4-3-5-9-18/h3-16,24H,1-2H3,(H,23,25). The predicted molar refractivity (Wildman–Crippen MR) is 119 cm³/mol. The van der Waals surface area contributed by atoms with Crippen molar-refractivity contribution in [1.82, 2.24) is 0 Å². The molecule has 7 heteroatoms. The molecular formula is C22H22N2O3S2. The Kier molecular flexibility index (Phi) is 6.61. The molecule has 3 rings (SSSR count). The highest BCUT2D eigenvalue weighted by molar-refractivity contribution is 8.00. The van der Waals surface area contributed by atoms with Crippen LogP contribution in [-0.2, 0) is 10.0 Å². The van der Waals surface area contributed by atoms with Crippen molar-refractivity contribution in [3.8, 4) is 0 Å². The van der Waals surface area contributed by atoms with Gasteiger partial charge in [-0.05, 0) is 48.5 Å². The third kappa shape index (κ3) is 5.62. The third-order valence-electron chi connectivity index (χ3n) is 3.94. The fraction of sp³-hybridized carbons (Fsp3) is 0.136. The van der Waals surface area contributed by atoms with Crippen LogP contribution in [0.4, 0.5) is 11.4 Å². The second-order valence-electron chi connectivity index (χ2n) is 6.61. The summed E-state index contributed by atoms with van der Waals surface area (Å²) in [6.45, 7) is 4.14. The molecule has 0 aromatic heterocycles. The van der Waals surface area contributed by atoms with Crippen molar-refractivity contribution >= 4 is 39.1 Å². The molecule has 0 saturated heterocycles. The number of hydrogen-bond acceptors (Lipinski definition) is 4. The average Bonchev–Trinajstić information content (AvgIpc) is 2.69. The lowest BCUT2D eigenvalue weighted by Gasteiger charge is -2.12. The Hall–Kier alpha value is -2.77. The van der Waals surface area contributed by atoms with Gasteiger partial charge in [0.25, 0.3) is 15.9 Å². The molecule has 0 unspecified atom stereocenters. The van der Waals surface area contributed by atoms with Crippen LogP contribution in [0.1, 0.15) is 24.2 Å². The largest absolute Gasteiger partial charge is 0.322 e. The van der Waals surface area contributed by atoms with Crippen molar-refractivity contribution in [3.05, 3.63) is 84.4 Å². The van der Waals surface area contributed by atoms with E-state index in [0.717, 1.165) is 4.90 Å². The molecule has 0 aliphatic carbocycles. The lowest BCUT2D eigenvalue weighted by atomic mass is 10.2. The van der Waals surface area contributed by atoms with Gasteiger partial charge >= 0.3 is 0 Å². The van der Waals surface area contributed by atoms with E-state index in [2.05, 4.69) is 23.9 Å². The number of nitrogens with one attached hydrogen (secondary N) is 2. The van der Waals surface area contributed by atoms with Gasteiger partial charge in [0.15, 0.2) is 0 Å². The van der Waals surface area contributed by atoms with Crippen LogP contribution < -0.4 is 10.0 Å². The van der Waals surface area contributed by atoms with Gasteiger partial charge in [-0.15, -0.1) is 11.8 Å². The molecule has 0 heterocycles. The van der Waals surface area contributed by atoms with Crippen molar-refractivity contribution in [3.63, 3.8) is 0 Å². The number of para-hydroxylation sites is 1. The van der Waals surface area contributed by atoms with E-state index in [0.29, 0.717) is 22.2 Å². The summed E-state index contributed by atoms with van der Waals surface area (Å²) < 4.78 is 27.5. The number of anilines is 2. The summed E-state index contributed by atoms with van der Waals surface area (Å²) in [6, 6.07) is 22.2. The Morgan fingerprint density at radius 1 is 0.828 bits per heavy atom. The first-order valence-corrected chi connectivity index (χ1v) is 11.5. The number of thioether (sulfide) groups is 1. The molecule has 150 valence electrons. The van der Waals surface area contributed by atoms with E-state index in [-0.39, 0.29) is 10.8 Å². The molecule has 5 nitrogen and oxygen atoms in total. The fourth-order valence-electron chi connectivity index (χ4n) is 2.65. The lowest BCUT2D eigenvalue weighted by Crippen LogP contribution is -2.14. The molecule has 0 aliphatic heterocycles. The van der Waals surface area contributed by atoms with Crippen LogP contribution >= 0.6 is 11.8 Å². The lowest BCUT2D eigenvalue weighted by molar-refractivity contribution is 0.102. The van der Waals surface area contributed by atoms with Crippen LogP contribution in [0, 0.1) is 0 Å². The van der Waals surface area contributed by atoms with Gasteiger partial charge in [-0.2, -0.15) is 0 Å². The number of amides is 1. The maximum Gasteiger partial charge on any atom is 0.261 e. The molecule has 0 bridgehead atoms. The number of carbonyl (C=O) groups is 1. The van der Waals surface area contributed by atoms with Crippen LogP contribution in [0.5, 0.6) is 0 Å². The topological polar surface area (TPSA) is 75.3 Å². The fourth-order valence-corrected chi connectivity index (χ4v) is 4.66. The Morgan fingerprint density at radius 3 is 2.10 bits per heavy atom. The Labute approximate surface area is 175 Å². The molecule has 3 aromatic carbocycles. The van der Waals surface area contributed by atoms with Crippen LogP contribution in [0.3, 0.4) is 0 Å². The molecule has 0 saturated carbocycles. The van der Waals surface area contributed by atoms with Crippen molar-refractivity contribution in [2.24, 2.45) is 0 Å². The van der Waals surface area contributed by atoms with Crippen LogP contribution in [-0.4, -0.2) is 19.6 Å². The number of carbonyl (C=O) groups excluding carboxylic acids is 1. The van der Waals surface area contributed by atoms with Gasteiger partial charge in [-0.25, -0.2) is 8.42 Å². The quantitative estimate of drug-likeness (QED) is 0.507. The van der Waals surface area contributed by atoms with Crippen LogP contribution in [0.2, 0.25) is 0 Å². The maximum atomic E-state index is 12.7. The summed E-state index contributed by atoms with van der Waals surface area (Å²) in [5.74, 6) is -0.230. The average molecular weight is 427 g/mol. The van der Waals surface area contributed by atoms with Crippen molar-refractivity contribution < 1.29 is 13.2 Å². The Morgan fingerprint density at radius 2 is 1.45 bits per heavy atom. The minimum Gasteiger partial charge on any atom is -0.322 e. The second-order valence-corrected chi connectivity index (χ2v) is 9.91. The zero-order valence-electron chi connectivity index (χ0n) is 16.1. The van der Waals surface area contributed by atoms with Gasteiger partial charge in [0.05, 0.1) is 10.5 Å². The zero-order chi connectivity index (χ0) is 20.9. The second kappa shape index (κ2) is 9.15. The van der Waals surface area contributed by atoms with E-state index in [9.17, 15) is 13.2 Å². The molecule has 3 aromatic rings. The molecule has 2 N–H and O–H groups in total. The first-order valence-electron chi connectivity index (χ1n) is 9.10. The molecule has 1 amide bonds. The monoisotopic (exact) mass is 426 g/mol. The predicted octanol–water partition coefficient (Wildman–Crippen LogP) is 5.24. The van der Waals surface area contributed by atoms with Crippen LogP contribution in [0.25, 0.3) is 0 Å². The summed E-state index contributed by atoms with van der Waals surface area (Å²) >= 11 is 1.62. The minimum absolute atomic E-state index is 0.120. The summed E-state index contributed by atoms with van der Waals surface area (Å²) in [6.07, 6.45) is 0. The Bertz CT molecular complexity index is 1080. The van der Waals surface area contributed by atoms with Crippen molar-refractivity contribution in [1.29, 1.82) is 0 Å². The van der Waals surface area contributed by atoms with E-state index >= 15 is 0 Å². The number of sulfonamides is 1. The maximum absolute atomic E-state index is 12.7. The Balaban J connectivity index is 1.73. The summed E-state index contributed by atoms with van der Waals surface area (Å²) in [5.41, 5.74) is 1.61. The molecule has 0 atom stereocenters. The highest BCUT2D eigenvalue weighted by Gasteiger charge is 2.16. The van der Waals surface area contributed by atoms with Gasteiger partial charge in [0.1, 0.15) is 0 Å². The molecule has 0 aliphatic rings. The highest BCUT2D eigenvalue weighted by Crippen LogP contribution is 2.27. The third-order valence-corrected chi connectivity index (χ3v) is 6.42. The summed E-state index contributed by atoms with van der Waals surface area (Å²) in [7, 11) is -3.70. The summed E-state index contributed by atoms with van der Waals surface area (Å²) in [5, 5.41) is 3.19. The smallest absolute Gasteiger partial charge is 0.261 e.